The molecule has 2 atom stereocenters. The molecule has 0 radical (unpaired) electrons. The number of aromatic nitrogens is 1. The van der Waals surface area contributed by atoms with Crippen molar-refractivity contribution in [2.24, 2.45) is 4.99 Å². The molecule has 0 saturated heterocycles. The minimum atomic E-state index is -1.34. The first-order valence-corrected chi connectivity index (χ1v) is 10.4. The number of hydrogen-bond acceptors (Lipinski definition) is 7. The normalized spacial score (nSPS) is 18.3. The van der Waals surface area contributed by atoms with Crippen LogP contribution in [0.3, 0.4) is 0 Å². The Bertz CT molecular complexity index is 1180. The Morgan fingerprint density at radius 3 is 2.90 bits per heavy atom. The summed E-state index contributed by atoms with van der Waals surface area (Å²) in [5.74, 6) is -3.79. The van der Waals surface area contributed by atoms with Gasteiger partial charge in [-0.3, -0.25) is 19.4 Å². The monoisotopic (exact) mass is 452 g/mol. The minimum Gasteiger partial charge on any atom is -0.486 e. The molecule has 0 bridgehead atoms. The summed E-state index contributed by atoms with van der Waals surface area (Å²) in [5, 5.41) is 14.5. The van der Waals surface area contributed by atoms with Gasteiger partial charge in [-0.15, -0.1) is 0 Å². The average Bonchev–Trinajstić information content (AvgIpc) is 3.25. The highest BCUT2D eigenvalue weighted by Gasteiger charge is 2.29. The van der Waals surface area contributed by atoms with Crippen LogP contribution in [0, 0.1) is 11.6 Å². The van der Waals surface area contributed by atoms with Gasteiger partial charge in [-0.1, -0.05) is 11.8 Å². The maximum Gasteiger partial charge on any atom is 0.257 e. The van der Waals surface area contributed by atoms with Crippen molar-refractivity contribution in [2.75, 3.05) is 25.5 Å². The van der Waals surface area contributed by atoms with Gasteiger partial charge in [0.1, 0.15) is 18.2 Å². The van der Waals surface area contributed by atoms with Gasteiger partial charge >= 0.3 is 0 Å². The number of amides is 2. The molecule has 164 valence electrons. The lowest BCUT2D eigenvalue weighted by molar-refractivity contribution is -0.122. The van der Waals surface area contributed by atoms with Gasteiger partial charge in [0.2, 0.25) is 11.2 Å². The number of carbonyl (C=O) groups excluding carboxylic acids is 2. The number of thioether (sulfide) groups is 1. The predicted octanol–water partition coefficient (Wildman–Crippen LogP) is 0.543. The highest BCUT2D eigenvalue weighted by molar-refractivity contribution is 8.14. The van der Waals surface area contributed by atoms with Gasteiger partial charge in [0.05, 0.1) is 30.1 Å². The van der Waals surface area contributed by atoms with E-state index < -0.39 is 41.5 Å². The first kappa shape index (κ1) is 21.2. The number of pyridine rings is 1. The highest BCUT2D eigenvalue weighted by atomic mass is 32.2. The Labute approximate surface area is 178 Å². The van der Waals surface area contributed by atoms with Crippen LogP contribution in [-0.2, 0) is 4.79 Å². The van der Waals surface area contributed by atoms with Crippen LogP contribution in [-0.4, -0.2) is 58.2 Å². The van der Waals surface area contributed by atoms with E-state index in [1.54, 1.807) is 6.92 Å². The molecule has 12 heteroatoms. The van der Waals surface area contributed by atoms with E-state index in [1.165, 1.54) is 22.5 Å². The fraction of sp³-hybridized carbons (Fsp3) is 0.368. The molecule has 0 aliphatic carbocycles. The van der Waals surface area contributed by atoms with Crippen LogP contribution in [0.1, 0.15) is 23.3 Å². The largest absolute Gasteiger partial charge is 0.486 e. The second-order valence-corrected chi connectivity index (χ2v) is 8.15. The van der Waals surface area contributed by atoms with Crippen LogP contribution in [0.25, 0.3) is 10.9 Å². The Morgan fingerprint density at radius 2 is 2.23 bits per heavy atom. The van der Waals surface area contributed by atoms with Crippen molar-refractivity contribution in [3.63, 3.8) is 0 Å². The summed E-state index contributed by atoms with van der Waals surface area (Å²) in [7, 11) is 0. The van der Waals surface area contributed by atoms with Crippen LogP contribution < -0.4 is 20.8 Å². The van der Waals surface area contributed by atoms with Crippen molar-refractivity contribution in [3.05, 3.63) is 39.7 Å². The number of nitrogens with one attached hydrogen (secondary N) is 2. The molecule has 0 fully saturated rings. The lowest BCUT2D eigenvalue weighted by Gasteiger charge is -2.27. The molecule has 2 aliphatic heterocycles. The van der Waals surface area contributed by atoms with Gasteiger partial charge in [-0.05, 0) is 13.0 Å². The summed E-state index contributed by atoms with van der Waals surface area (Å²) >= 11 is 1.33. The molecule has 31 heavy (non-hydrogen) atoms. The number of halogens is 2. The topological polar surface area (TPSA) is 122 Å². The molecular formula is C19H18F2N4O5S. The van der Waals surface area contributed by atoms with Gasteiger partial charge in [0.15, 0.2) is 16.7 Å². The van der Waals surface area contributed by atoms with Gasteiger partial charge < -0.3 is 25.0 Å². The third-order valence-corrected chi connectivity index (χ3v) is 5.87. The summed E-state index contributed by atoms with van der Waals surface area (Å²) in [6, 6.07) is -0.993. The summed E-state index contributed by atoms with van der Waals surface area (Å²) in [6.45, 7) is 1.56. The van der Waals surface area contributed by atoms with Crippen molar-refractivity contribution in [1.29, 1.82) is 0 Å². The van der Waals surface area contributed by atoms with Gasteiger partial charge in [0.25, 0.3) is 11.8 Å². The zero-order chi connectivity index (χ0) is 22.3. The summed E-state index contributed by atoms with van der Waals surface area (Å²) in [4.78, 5) is 42.1. The summed E-state index contributed by atoms with van der Waals surface area (Å²) < 4.78 is 34.9. The number of hydrogen-bond donors (Lipinski definition) is 3. The fourth-order valence-electron chi connectivity index (χ4n) is 3.39. The van der Waals surface area contributed by atoms with E-state index in [0.29, 0.717) is 17.5 Å². The molecule has 3 heterocycles. The second kappa shape index (κ2) is 8.27. The average molecular weight is 452 g/mol. The lowest BCUT2D eigenvalue weighted by atomic mass is 10.1. The van der Waals surface area contributed by atoms with Crippen LogP contribution in [0.4, 0.5) is 8.78 Å². The maximum absolute atomic E-state index is 14.2. The Balaban J connectivity index is 1.70. The minimum absolute atomic E-state index is 0.00779. The zero-order valence-electron chi connectivity index (χ0n) is 16.3. The van der Waals surface area contributed by atoms with Gasteiger partial charge in [-0.25, -0.2) is 4.39 Å². The predicted molar refractivity (Wildman–Crippen MR) is 110 cm³/mol. The molecule has 2 aromatic rings. The molecule has 2 amide bonds. The van der Waals surface area contributed by atoms with Crippen LogP contribution >= 0.6 is 11.8 Å². The van der Waals surface area contributed by atoms with Crippen molar-refractivity contribution < 1.29 is 28.2 Å². The van der Waals surface area contributed by atoms with Crippen LogP contribution in [0.15, 0.2) is 22.1 Å². The van der Waals surface area contributed by atoms with Crippen LogP contribution in [0.2, 0.25) is 0 Å². The lowest BCUT2D eigenvalue weighted by Crippen LogP contribution is -2.50. The van der Waals surface area contributed by atoms with Crippen molar-refractivity contribution in [1.82, 2.24) is 15.2 Å². The van der Waals surface area contributed by atoms with Crippen molar-refractivity contribution in [3.8, 4) is 5.75 Å². The Hall–Kier alpha value is -2.99. The summed E-state index contributed by atoms with van der Waals surface area (Å²) in [6.07, 6.45) is 1.22. The second-order valence-electron chi connectivity index (χ2n) is 7.07. The van der Waals surface area contributed by atoms with Crippen molar-refractivity contribution in [2.45, 2.75) is 19.0 Å². The van der Waals surface area contributed by atoms with Gasteiger partial charge in [-0.2, -0.15) is 4.39 Å². The molecule has 4 rings (SSSR count). The number of carbonyl (C=O) groups is 2. The Kier molecular flexibility index (Phi) is 5.67. The van der Waals surface area contributed by atoms with Crippen LogP contribution in [0.5, 0.6) is 5.75 Å². The third-order valence-electron chi connectivity index (χ3n) is 4.97. The van der Waals surface area contributed by atoms with E-state index in [-0.39, 0.29) is 34.9 Å². The van der Waals surface area contributed by atoms with Crippen molar-refractivity contribution >= 4 is 39.6 Å². The number of aliphatic imine (C=N–C) groups is 1. The number of aliphatic hydroxyl groups is 1. The third kappa shape index (κ3) is 3.76. The SMILES string of the molecule is CC1COc2c(F)c(F)cc3c(=O)c(C(=O)NC(CO)C(=O)NC4=NCCS4)cn1c23. The zero-order valence-corrected chi connectivity index (χ0v) is 17.1. The summed E-state index contributed by atoms with van der Waals surface area (Å²) in [5.41, 5.74) is -1.18. The quantitative estimate of drug-likeness (QED) is 0.623. The molecule has 1 aromatic carbocycles. The number of benzene rings is 1. The highest BCUT2D eigenvalue weighted by Crippen LogP contribution is 2.35. The first-order valence-electron chi connectivity index (χ1n) is 9.41. The smallest absolute Gasteiger partial charge is 0.257 e. The number of aliphatic hydroxyl groups excluding tert-OH is 1. The van der Waals surface area contributed by atoms with E-state index in [4.69, 9.17) is 4.74 Å². The molecule has 0 saturated carbocycles. The number of nitrogens with zero attached hydrogens (tertiary/aromatic N) is 2. The molecule has 9 nitrogen and oxygen atoms in total. The molecular weight excluding hydrogens is 434 g/mol. The number of amidine groups is 1. The van der Waals surface area contributed by atoms with E-state index in [1.807, 2.05) is 0 Å². The molecule has 0 spiro atoms. The van der Waals surface area contributed by atoms with E-state index in [2.05, 4.69) is 15.6 Å². The maximum atomic E-state index is 14.2. The van der Waals surface area contributed by atoms with Gasteiger partial charge in [0, 0.05) is 11.9 Å². The first-order chi connectivity index (χ1) is 14.8. The number of ether oxygens (including phenoxy) is 1. The van der Waals surface area contributed by atoms with E-state index in [0.717, 1.165) is 6.07 Å². The van der Waals surface area contributed by atoms with E-state index in [9.17, 15) is 28.3 Å². The molecule has 3 N–H and O–H groups in total. The Morgan fingerprint density at radius 1 is 1.45 bits per heavy atom. The molecule has 2 unspecified atom stereocenters. The fourth-order valence-corrected chi connectivity index (χ4v) is 4.12. The number of rotatable bonds is 4. The standard InChI is InChI=1S/C19H18F2N4O5S/c1-8-7-30-16-13(21)11(20)4-9-14(16)25(8)5-10(15(9)27)17(28)23-12(6-26)18(29)24-19-22-2-3-31-19/h4-5,8,12,26H,2-3,6-7H2,1H3,(H,23,28)(H,22,24,29). The van der Waals surface area contributed by atoms with E-state index >= 15 is 0 Å². The molecule has 1 aromatic heterocycles. The molecule has 2 aliphatic rings.